The van der Waals surface area contributed by atoms with Crippen molar-refractivity contribution in [3.8, 4) is 11.8 Å². The average molecular weight is 508 g/mol. The number of methoxy groups -OCH3 is 1. The number of aromatic nitrogens is 2. The van der Waals surface area contributed by atoms with Crippen molar-refractivity contribution in [2.24, 2.45) is 10.7 Å². The number of likely N-dealkylation sites (tertiary alicyclic amines) is 2. The Morgan fingerprint density at radius 2 is 2.03 bits per heavy atom. The molecule has 10 nitrogen and oxygen atoms in total. The fraction of sp³-hybridized carbons (Fsp3) is 0.556. The van der Waals surface area contributed by atoms with Gasteiger partial charge in [0.1, 0.15) is 28.5 Å². The Balaban J connectivity index is 1.44. The lowest BCUT2D eigenvalue weighted by Gasteiger charge is -2.41. The van der Waals surface area contributed by atoms with Gasteiger partial charge in [-0.3, -0.25) is 9.89 Å². The second-order valence-electron chi connectivity index (χ2n) is 11.4. The van der Waals surface area contributed by atoms with Gasteiger partial charge in [-0.15, -0.1) is 0 Å². The van der Waals surface area contributed by atoms with Crippen LogP contribution in [-0.4, -0.2) is 81.2 Å². The molecule has 0 aromatic carbocycles. The number of amides is 1. The number of nitriles is 1. The lowest BCUT2D eigenvalue weighted by atomic mass is 9.97. The van der Waals surface area contributed by atoms with Crippen molar-refractivity contribution in [1.82, 2.24) is 19.4 Å². The van der Waals surface area contributed by atoms with Crippen molar-refractivity contribution in [3.63, 3.8) is 0 Å². The van der Waals surface area contributed by atoms with Crippen LogP contribution in [0.3, 0.4) is 0 Å². The number of rotatable bonds is 5. The van der Waals surface area contributed by atoms with Gasteiger partial charge in [0, 0.05) is 60.5 Å². The van der Waals surface area contributed by atoms with Crippen LogP contribution < -0.4 is 10.5 Å². The number of hydrogen-bond donors (Lipinski definition) is 1. The molecule has 10 heteroatoms. The van der Waals surface area contributed by atoms with Gasteiger partial charge in [0.05, 0.1) is 19.3 Å². The molecule has 2 aromatic heterocycles. The Kier molecular flexibility index (Phi) is 6.95. The highest BCUT2D eigenvalue weighted by Crippen LogP contribution is 2.35. The maximum atomic E-state index is 12.8. The molecule has 1 amide bonds. The Hall–Kier alpha value is -3.58. The minimum Gasteiger partial charge on any atom is -0.494 e. The molecule has 2 aliphatic rings. The molecule has 37 heavy (non-hydrogen) atoms. The first-order valence-corrected chi connectivity index (χ1v) is 12.5. The van der Waals surface area contributed by atoms with Crippen LogP contribution in [0.2, 0.25) is 0 Å². The summed E-state index contributed by atoms with van der Waals surface area (Å²) in [4.78, 5) is 22.0. The molecule has 0 radical (unpaired) electrons. The van der Waals surface area contributed by atoms with E-state index < -0.39 is 5.60 Å². The number of ether oxygens (including phenoxy) is 2. The van der Waals surface area contributed by atoms with Crippen molar-refractivity contribution in [2.45, 2.75) is 71.2 Å². The average Bonchev–Trinajstić information content (AvgIpc) is 3.34. The summed E-state index contributed by atoms with van der Waals surface area (Å²) in [7, 11) is 1.57. The fourth-order valence-corrected chi connectivity index (χ4v) is 5.20. The van der Waals surface area contributed by atoms with Crippen LogP contribution in [-0.2, 0) is 4.74 Å². The third-order valence-electron chi connectivity index (χ3n) is 7.04. The van der Waals surface area contributed by atoms with E-state index in [1.54, 1.807) is 17.8 Å². The zero-order valence-electron chi connectivity index (χ0n) is 22.8. The van der Waals surface area contributed by atoms with E-state index in [2.05, 4.69) is 29.9 Å². The van der Waals surface area contributed by atoms with Crippen molar-refractivity contribution < 1.29 is 14.3 Å². The van der Waals surface area contributed by atoms with Gasteiger partial charge in [0.2, 0.25) is 0 Å². The second kappa shape index (κ2) is 9.71. The Labute approximate surface area is 218 Å². The molecule has 4 heterocycles. The largest absolute Gasteiger partial charge is 0.494 e. The van der Waals surface area contributed by atoms with E-state index in [4.69, 9.17) is 20.2 Å². The Morgan fingerprint density at radius 3 is 2.62 bits per heavy atom. The molecule has 0 aliphatic carbocycles. The first-order chi connectivity index (χ1) is 17.4. The van der Waals surface area contributed by atoms with Gasteiger partial charge < -0.3 is 20.1 Å². The smallest absolute Gasteiger partial charge is 0.410 e. The van der Waals surface area contributed by atoms with Gasteiger partial charge in [-0.25, -0.2) is 9.31 Å². The number of allylic oxidation sites excluding steroid dienone is 1. The van der Waals surface area contributed by atoms with E-state index in [1.165, 1.54) is 6.20 Å². The van der Waals surface area contributed by atoms with Crippen molar-refractivity contribution in [2.75, 3.05) is 26.7 Å². The first kappa shape index (κ1) is 26.5. The lowest BCUT2D eigenvalue weighted by molar-refractivity contribution is 0.0122. The zero-order chi connectivity index (χ0) is 27.1. The third kappa shape index (κ3) is 5.27. The summed E-state index contributed by atoms with van der Waals surface area (Å²) in [6.45, 7) is 14.1. The number of hydrogen-bond acceptors (Lipinski definition) is 8. The molecule has 4 rings (SSSR count). The number of carbonyl (C=O) groups excluding carboxylic acids is 1. The Bertz CT molecular complexity index is 1290. The standard InChI is InChI=1S/C27H37N7O3/c1-17(22(11-29)18-8-23(36-7)24-19(10-28)12-30-34(24)13-18)31-20-14-32(15-20)21-9-27(5,6)33(16-21)25(35)37-26(2,3)4/h8,11-13,20-21H,9,14-16,29H2,1-7H3/b22-11+,31-17?. The maximum absolute atomic E-state index is 12.8. The summed E-state index contributed by atoms with van der Waals surface area (Å²) in [5, 5.41) is 13.7. The summed E-state index contributed by atoms with van der Waals surface area (Å²) >= 11 is 0. The second-order valence-corrected chi connectivity index (χ2v) is 11.4. The lowest BCUT2D eigenvalue weighted by Crippen LogP contribution is -2.55. The maximum Gasteiger partial charge on any atom is 0.410 e. The normalized spacial score (nSPS) is 21.1. The number of nitrogens with zero attached hydrogens (tertiary/aromatic N) is 6. The topological polar surface area (TPSA) is 121 Å². The number of pyridine rings is 1. The summed E-state index contributed by atoms with van der Waals surface area (Å²) in [5.41, 5.74) is 8.73. The molecule has 0 saturated carbocycles. The summed E-state index contributed by atoms with van der Waals surface area (Å²) in [6.07, 6.45) is 5.53. The minimum absolute atomic E-state index is 0.147. The molecule has 2 saturated heterocycles. The summed E-state index contributed by atoms with van der Waals surface area (Å²) in [5.74, 6) is 0.548. The van der Waals surface area contributed by atoms with E-state index in [-0.39, 0.29) is 23.7 Å². The highest BCUT2D eigenvalue weighted by molar-refractivity contribution is 6.22. The van der Waals surface area contributed by atoms with Crippen molar-refractivity contribution >= 4 is 22.9 Å². The van der Waals surface area contributed by atoms with Crippen LogP contribution >= 0.6 is 0 Å². The number of aliphatic imine (C=N–C) groups is 1. The van der Waals surface area contributed by atoms with Crippen LogP contribution in [0, 0.1) is 11.3 Å². The first-order valence-electron chi connectivity index (χ1n) is 12.5. The predicted octanol–water partition coefficient (Wildman–Crippen LogP) is 3.45. The predicted molar refractivity (Wildman–Crippen MR) is 143 cm³/mol. The van der Waals surface area contributed by atoms with Gasteiger partial charge in [0.25, 0.3) is 0 Å². The molecule has 2 N–H and O–H groups in total. The molecule has 198 valence electrons. The molecule has 1 atom stereocenters. The molecular weight excluding hydrogens is 470 g/mol. The highest BCUT2D eigenvalue weighted by Gasteiger charge is 2.47. The van der Waals surface area contributed by atoms with Crippen molar-refractivity contribution in [3.05, 3.63) is 35.8 Å². The van der Waals surface area contributed by atoms with Crippen LogP contribution in [0.5, 0.6) is 5.75 Å². The molecular formula is C27H37N7O3. The van der Waals surface area contributed by atoms with Crippen LogP contribution in [0.25, 0.3) is 11.1 Å². The SMILES string of the molecule is COc1cc(/C(=C/N)C(C)=NC2CN(C3CN(C(=O)OC(C)(C)C)C(C)(C)C3)C2)cn2ncc(C#N)c12. The van der Waals surface area contributed by atoms with Crippen LogP contribution in [0.15, 0.2) is 29.7 Å². The third-order valence-corrected chi connectivity index (χ3v) is 7.04. The fourth-order valence-electron chi connectivity index (χ4n) is 5.20. The van der Waals surface area contributed by atoms with Gasteiger partial charge in [-0.1, -0.05) is 0 Å². The minimum atomic E-state index is -0.516. The molecule has 2 aromatic rings. The molecule has 0 spiro atoms. The molecule has 2 aliphatic heterocycles. The van der Waals surface area contributed by atoms with Gasteiger partial charge in [-0.05, 0) is 54.0 Å². The molecule has 1 unspecified atom stereocenters. The van der Waals surface area contributed by atoms with Crippen LogP contribution in [0.4, 0.5) is 4.79 Å². The Morgan fingerprint density at radius 1 is 1.32 bits per heavy atom. The van der Waals surface area contributed by atoms with E-state index in [0.29, 0.717) is 23.4 Å². The van der Waals surface area contributed by atoms with Crippen LogP contribution in [0.1, 0.15) is 59.1 Å². The van der Waals surface area contributed by atoms with E-state index in [0.717, 1.165) is 36.4 Å². The van der Waals surface area contributed by atoms with Crippen molar-refractivity contribution in [1.29, 1.82) is 5.26 Å². The monoisotopic (exact) mass is 507 g/mol. The zero-order valence-corrected chi connectivity index (χ0v) is 22.8. The molecule has 2 fully saturated rings. The van der Waals surface area contributed by atoms with Gasteiger partial charge in [0.15, 0.2) is 0 Å². The number of carbonyl (C=O) groups is 1. The van der Waals surface area contributed by atoms with Gasteiger partial charge in [-0.2, -0.15) is 10.4 Å². The summed E-state index contributed by atoms with van der Waals surface area (Å²) in [6, 6.07) is 4.42. The van der Waals surface area contributed by atoms with E-state index >= 15 is 0 Å². The molecule has 0 bridgehead atoms. The number of fused-ring (bicyclic) bond motifs is 1. The summed E-state index contributed by atoms with van der Waals surface area (Å²) < 4.78 is 12.8. The van der Waals surface area contributed by atoms with E-state index in [1.807, 2.05) is 44.9 Å². The quantitative estimate of drug-likeness (QED) is 0.615. The highest BCUT2D eigenvalue weighted by atomic mass is 16.6. The van der Waals surface area contributed by atoms with E-state index in [9.17, 15) is 10.1 Å². The van der Waals surface area contributed by atoms with Gasteiger partial charge >= 0.3 is 6.09 Å². The number of nitrogens with two attached hydrogens (primary N) is 1.